The number of halogens is 1. The molecule has 0 aliphatic heterocycles. The maximum atomic E-state index is 12.2. The number of methoxy groups -OCH3 is 1. The number of benzene rings is 1. The van der Waals surface area contributed by atoms with Crippen molar-refractivity contribution in [2.45, 2.75) is 20.3 Å². The number of carbonyl (C=O) groups is 1. The molecule has 7 nitrogen and oxygen atoms in total. The Morgan fingerprint density at radius 2 is 2.22 bits per heavy atom. The highest BCUT2D eigenvalue weighted by molar-refractivity contribution is 9.10. The molecular formula is C15H18BrN3O4. The van der Waals surface area contributed by atoms with Crippen molar-refractivity contribution < 1.29 is 18.8 Å². The first-order valence-corrected chi connectivity index (χ1v) is 7.92. The first kappa shape index (κ1) is 17.3. The van der Waals surface area contributed by atoms with Crippen molar-refractivity contribution in [3.63, 3.8) is 0 Å². The van der Waals surface area contributed by atoms with Gasteiger partial charge in [0, 0.05) is 18.5 Å². The molecule has 0 unspecified atom stereocenters. The Morgan fingerprint density at radius 1 is 1.43 bits per heavy atom. The van der Waals surface area contributed by atoms with Crippen LogP contribution in [0.15, 0.2) is 21.1 Å². The monoisotopic (exact) mass is 383 g/mol. The predicted molar refractivity (Wildman–Crippen MR) is 86.9 cm³/mol. The molecule has 0 fully saturated rings. The first-order valence-electron chi connectivity index (χ1n) is 7.12. The van der Waals surface area contributed by atoms with Gasteiger partial charge in [-0.05, 0) is 41.9 Å². The highest BCUT2D eigenvalue weighted by Crippen LogP contribution is 2.36. The summed E-state index contributed by atoms with van der Waals surface area (Å²) in [6.07, 6.45) is 0.474. The first-order chi connectivity index (χ1) is 11.0. The maximum Gasteiger partial charge on any atom is 0.251 e. The molecule has 124 valence electrons. The second-order valence-electron chi connectivity index (χ2n) is 4.66. The molecule has 0 spiro atoms. The summed E-state index contributed by atoms with van der Waals surface area (Å²) in [5.41, 5.74) is 0.471. The summed E-state index contributed by atoms with van der Waals surface area (Å²) >= 11 is 3.40. The van der Waals surface area contributed by atoms with Crippen molar-refractivity contribution in [3.05, 3.63) is 33.9 Å². The SMILES string of the molecule is CCOc1c(Br)cc(C(=O)NCCc2nc(C)no2)cc1OC. The second-order valence-corrected chi connectivity index (χ2v) is 5.52. The Hall–Kier alpha value is -2.09. The van der Waals surface area contributed by atoms with Gasteiger partial charge in [-0.2, -0.15) is 4.98 Å². The highest BCUT2D eigenvalue weighted by atomic mass is 79.9. The van der Waals surface area contributed by atoms with E-state index < -0.39 is 0 Å². The topological polar surface area (TPSA) is 86.5 Å². The maximum absolute atomic E-state index is 12.2. The van der Waals surface area contributed by atoms with Crippen molar-refractivity contribution in [1.82, 2.24) is 15.5 Å². The molecule has 0 aliphatic carbocycles. The third-order valence-corrected chi connectivity index (χ3v) is 3.56. The normalized spacial score (nSPS) is 10.4. The van der Waals surface area contributed by atoms with Gasteiger partial charge in [0.05, 0.1) is 18.2 Å². The van der Waals surface area contributed by atoms with Crippen LogP contribution < -0.4 is 14.8 Å². The van der Waals surface area contributed by atoms with Gasteiger partial charge in [-0.3, -0.25) is 4.79 Å². The molecule has 1 N–H and O–H groups in total. The zero-order valence-corrected chi connectivity index (χ0v) is 14.8. The molecule has 0 saturated heterocycles. The lowest BCUT2D eigenvalue weighted by atomic mass is 10.2. The van der Waals surface area contributed by atoms with E-state index in [4.69, 9.17) is 14.0 Å². The zero-order valence-electron chi connectivity index (χ0n) is 13.2. The van der Waals surface area contributed by atoms with E-state index in [0.29, 0.717) is 52.8 Å². The summed E-state index contributed by atoms with van der Waals surface area (Å²) < 4.78 is 16.4. The molecule has 1 aromatic carbocycles. The molecule has 0 bridgehead atoms. The number of hydrogen-bond acceptors (Lipinski definition) is 6. The van der Waals surface area contributed by atoms with E-state index >= 15 is 0 Å². The van der Waals surface area contributed by atoms with E-state index in [0.717, 1.165) is 0 Å². The number of nitrogens with zero attached hydrogens (tertiary/aromatic N) is 2. The minimum absolute atomic E-state index is 0.219. The lowest BCUT2D eigenvalue weighted by molar-refractivity contribution is 0.0953. The predicted octanol–water partition coefficient (Wildman–Crippen LogP) is 2.52. The van der Waals surface area contributed by atoms with Crippen LogP contribution in [0.1, 0.15) is 29.0 Å². The number of ether oxygens (including phenoxy) is 2. The standard InChI is InChI=1S/C15H18BrN3O4/c1-4-22-14-11(16)7-10(8-12(14)21-3)15(20)17-6-5-13-18-9(2)19-23-13/h7-8H,4-6H2,1-3H3,(H,17,20). The van der Waals surface area contributed by atoms with Crippen molar-refractivity contribution in [2.75, 3.05) is 20.3 Å². The Bertz CT molecular complexity index is 687. The number of aromatic nitrogens is 2. The largest absolute Gasteiger partial charge is 0.493 e. The van der Waals surface area contributed by atoms with Crippen LogP contribution in [-0.4, -0.2) is 36.3 Å². The fraction of sp³-hybridized carbons (Fsp3) is 0.400. The Labute approximate surface area is 142 Å². The number of aryl methyl sites for hydroxylation is 1. The Balaban J connectivity index is 2.02. The summed E-state index contributed by atoms with van der Waals surface area (Å²) in [6, 6.07) is 3.33. The van der Waals surface area contributed by atoms with Gasteiger partial charge >= 0.3 is 0 Å². The molecule has 0 aliphatic rings. The average molecular weight is 384 g/mol. The molecule has 1 aromatic heterocycles. The highest BCUT2D eigenvalue weighted by Gasteiger charge is 2.15. The van der Waals surface area contributed by atoms with Crippen molar-refractivity contribution >= 4 is 21.8 Å². The fourth-order valence-corrected chi connectivity index (χ4v) is 2.52. The summed E-state index contributed by atoms with van der Waals surface area (Å²) in [6.45, 7) is 4.53. The molecule has 1 heterocycles. The molecule has 2 aromatic rings. The van der Waals surface area contributed by atoms with E-state index in [-0.39, 0.29) is 5.91 Å². The number of amides is 1. The number of hydrogen-bond donors (Lipinski definition) is 1. The van der Waals surface area contributed by atoms with Crippen molar-refractivity contribution in [1.29, 1.82) is 0 Å². The lowest BCUT2D eigenvalue weighted by Crippen LogP contribution is -2.25. The van der Waals surface area contributed by atoms with E-state index in [1.54, 1.807) is 19.1 Å². The van der Waals surface area contributed by atoms with Crippen LogP contribution in [0.2, 0.25) is 0 Å². The Morgan fingerprint density at radius 3 is 2.83 bits per heavy atom. The summed E-state index contributed by atoms with van der Waals surface area (Å²) in [4.78, 5) is 16.3. The fourth-order valence-electron chi connectivity index (χ4n) is 1.96. The summed E-state index contributed by atoms with van der Waals surface area (Å²) in [7, 11) is 1.53. The molecule has 0 atom stereocenters. The van der Waals surface area contributed by atoms with Gasteiger partial charge in [0.15, 0.2) is 17.3 Å². The van der Waals surface area contributed by atoms with Gasteiger partial charge in [0.25, 0.3) is 5.91 Å². The van der Waals surface area contributed by atoms with Gasteiger partial charge in [-0.25, -0.2) is 0 Å². The van der Waals surface area contributed by atoms with Crippen LogP contribution in [0.3, 0.4) is 0 Å². The minimum Gasteiger partial charge on any atom is -0.493 e. The smallest absolute Gasteiger partial charge is 0.251 e. The van der Waals surface area contributed by atoms with Crippen LogP contribution in [0.4, 0.5) is 0 Å². The zero-order chi connectivity index (χ0) is 16.8. The molecule has 8 heteroatoms. The lowest BCUT2D eigenvalue weighted by Gasteiger charge is -2.13. The third-order valence-electron chi connectivity index (χ3n) is 2.97. The van der Waals surface area contributed by atoms with Gasteiger partial charge < -0.3 is 19.3 Å². The van der Waals surface area contributed by atoms with Crippen LogP contribution in [0.5, 0.6) is 11.5 Å². The van der Waals surface area contributed by atoms with Crippen LogP contribution >= 0.6 is 15.9 Å². The summed E-state index contributed by atoms with van der Waals surface area (Å²) in [5.74, 6) is 1.93. The van der Waals surface area contributed by atoms with E-state index in [1.807, 2.05) is 6.92 Å². The van der Waals surface area contributed by atoms with Crippen LogP contribution in [0, 0.1) is 6.92 Å². The van der Waals surface area contributed by atoms with Crippen molar-refractivity contribution in [2.24, 2.45) is 0 Å². The molecule has 0 radical (unpaired) electrons. The van der Waals surface area contributed by atoms with Crippen molar-refractivity contribution in [3.8, 4) is 11.5 Å². The molecule has 2 rings (SSSR count). The second kappa shape index (κ2) is 7.96. The van der Waals surface area contributed by atoms with Gasteiger partial charge in [-0.15, -0.1) is 0 Å². The third kappa shape index (κ3) is 4.44. The van der Waals surface area contributed by atoms with E-state index in [1.165, 1.54) is 7.11 Å². The number of carbonyl (C=O) groups excluding carboxylic acids is 1. The molecule has 23 heavy (non-hydrogen) atoms. The van der Waals surface area contributed by atoms with Gasteiger partial charge in [0.1, 0.15) is 0 Å². The van der Waals surface area contributed by atoms with Crippen LogP contribution in [0.25, 0.3) is 0 Å². The number of nitrogens with one attached hydrogen (secondary N) is 1. The minimum atomic E-state index is -0.219. The quantitative estimate of drug-likeness (QED) is 0.790. The summed E-state index contributed by atoms with van der Waals surface area (Å²) in [5, 5.41) is 6.50. The van der Waals surface area contributed by atoms with E-state index in [2.05, 4.69) is 31.4 Å². The Kier molecular flexibility index (Phi) is 5.97. The van der Waals surface area contributed by atoms with Gasteiger partial charge in [0.2, 0.25) is 5.89 Å². The van der Waals surface area contributed by atoms with E-state index in [9.17, 15) is 4.79 Å². The molecular weight excluding hydrogens is 366 g/mol. The average Bonchev–Trinajstić information content (AvgIpc) is 2.94. The molecule has 1 amide bonds. The number of rotatable bonds is 7. The van der Waals surface area contributed by atoms with Crippen LogP contribution in [-0.2, 0) is 6.42 Å². The molecule has 0 saturated carbocycles. The van der Waals surface area contributed by atoms with Gasteiger partial charge in [-0.1, -0.05) is 5.16 Å².